The van der Waals surface area contributed by atoms with Gasteiger partial charge in [-0.3, -0.25) is 9.59 Å². The van der Waals surface area contributed by atoms with Crippen molar-refractivity contribution >= 4 is 29.4 Å². The molecule has 0 atom stereocenters. The third-order valence-electron chi connectivity index (χ3n) is 4.03. The summed E-state index contributed by atoms with van der Waals surface area (Å²) >= 11 is 0. The van der Waals surface area contributed by atoms with E-state index in [2.05, 4.69) is 5.32 Å². The molecular weight excluding hydrogens is 409 g/mol. The minimum atomic E-state index is -0.833. The van der Waals surface area contributed by atoms with Gasteiger partial charge in [0, 0.05) is 18.7 Å². The second-order valence-electron chi connectivity index (χ2n) is 6.20. The number of rotatable bonds is 9. The van der Waals surface area contributed by atoms with Gasteiger partial charge in [0.1, 0.15) is 5.82 Å². The average Bonchev–Trinajstić information content (AvgIpc) is 2.74. The highest BCUT2D eigenvalue weighted by atomic mass is 19.1. The molecule has 0 radical (unpaired) electrons. The molecule has 9 heteroatoms. The van der Waals surface area contributed by atoms with Crippen LogP contribution in [0.3, 0.4) is 0 Å². The first-order valence-electron chi connectivity index (χ1n) is 9.04. The number of carbonyl (C=O) groups is 3. The summed E-state index contributed by atoms with van der Waals surface area (Å²) < 4.78 is 34.7. The van der Waals surface area contributed by atoms with Crippen LogP contribution in [0.4, 0.5) is 10.1 Å². The Morgan fingerprint density at radius 3 is 2.16 bits per heavy atom. The third-order valence-corrected chi connectivity index (χ3v) is 4.03. The smallest absolute Gasteiger partial charge is 0.331 e. The fourth-order valence-electron chi connectivity index (χ4n) is 2.65. The molecule has 0 unspecified atom stereocenters. The largest absolute Gasteiger partial charge is 0.493 e. The van der Waals surface area contributed by atoms with Crippen LogP contribution in [0.1, 0.15) is 22.8 Å². The van der Waals surface area contributed by atoms with Crippen molar-refractivity contribution in [2.45, 2.75) is 6.92 Å². The van der Waals surface area contributed by atoms with E-state index in [0.29, 0.717) is 22.8 Å². The number of benzene rings is 2. The topological polar surface area (TPSA) is 100 Å². The van der Waals surface area contributed by atoms with Crippen LogP contribution in [0, 0.1) is 5.82 Å². The first-order valence-corrected chi connectivity index (χ1v) is 9.04. The van der Waals surface area contributed by atoms with Crippen LogP contribution in [0.15, 0.2) is 36.4 Å². The summed E-state index contributed by atoms with van der Waals surface area (Å²) in [5, 5.41) is 2.41. The van der Waals surface area contributed by atoms with E-state index in [-0.39, 0.29) is 17.2 Å². The van der Waals surface area contributed by atoms with E-state index in [1.54, 1.807) is 12.1 Å². The molecular formula is C22H22FNO7. The van der Waals surface area contributed by atoms with Crippen LogP contribution < -0.4 is 19.5 Å². The lowest BCUT2D eigenvalue weighted by Crippen LogP contribution is -2.14. The number of methoxy groups -OCH3 is 3. The number of anilines is 1. The predicted octanol–water partition coefficient (Wildman–Crippen LogP) is 3.25. The average molecular weight is 431 g/mol. The van der Waals surface area contributed by atoms with Gasteiger partial charge in [0.25, 0.3) is 0 Å². The zero-order chi connectivity index (χ0) is 23.0. The summed E-state index contributed by atoms with van der Waals surface area (Å²) in [6.45, 7) is 0.636. The van der Waals surface area contributed by atoms with Crippen molar-refractivity contribution in [2.24, 2.45) is 0 Å². The van der Waals surface area contributed by atoms with Crippen molar-refractivity contribution in [1.82, 2.24) is 0 Å². The second kappa shape index (κ2) is 10.8. The van der Waals surface area contributed by atoms with Crippen molar-refractivity contribution in [1.29, 1.82) is 0 Å². The van der Waals surface area contributed by atoms with Crippen LogP contribution in [-0.4, -0.2) is 45.6 Å². The van der Waals surface area contributed by atoms with Gasteiger partial charge in [-0.25, -0.2) is 9.18 Å². The molecule has 1 amide bonds. The molecule has 0 aliphatic carbocycles. The predicted molar refractivity (Wildman–Crippen MR) is 111 cm³/mol. The van der Waals surface area contributed by atoms with Crippen molar-refractivity contribution in [3.63, 3.8) is 0 Å². The van der Waals surface area contributed by atoms with Gasteiger partial charge in [0.15, 0.2) is 18.1 Å². The number of Topliss-reactive ketones (excluding diaryl/α,β-unsaturated/α-hetero) is 1. The fourth-order valence-corrected chi connectivity index (χ4v) is 2.65. The summed E-state index contributed by atoms with van der Waals surface area (Å²) in [4.78, 5) is 35.1. The van der Waals surface area contributed by atoms with E-state index in [1.807, 2.05) is 0 Å². The van der Waals surface area contributed by atoms with Crippen molar-refractivity contribution in [3.8, 4) is 17.2 Å². The van der Waals surface area contributed by atoms with E-state index in [9.17, 15) is 18.8 Å². The lowest BCUT2D eigenvalue weighted by Gasteiger charge is -2.12. The molecule has 2 rings (SSSR count). The van der Waals surface area contributed by atoms with Crippen molar-refractivity contribution in [2.75, 3.05) is 33.3 Å². The Morgan fingerprint density at radius 1 is 1.00 bits per heavy atom. The number of halogens is 1. The van der Waals surface area contributed by atoms with Gasteiger partial charge in [-0.2, -0.15) is 0 Å². The standard InChI is InChI=1S/C22H22FNO7/c1-13(25)24-15-6-7-16(17(23)11-15)18(26)12-31-21(27)8-5-14-9-19(28-2)22(30-4)20(10-14)29-3/h5-11H,12H2,1-4H3,(H,24,25)/b8-5+. The van der Waals surface area contributed by atoms with Crippen LogP contribution in [-0.2, 0) is 14.3 Å². The number of ketones is 1. The molecule has 1 N–H and O–H groups in total. The zero-order valence-electron chi connectivity index (χ0n) is 17.5. The van der Waals surface area contributed by atoms with Gasteiger partial charge in [-0.05, 0) is 42.0 Å². The molecule has 164 valence electrons. The number of nitrogens with one attached hydrogen (secondary N) is 1. The van der Waals surface area contributed by atoms with Gasteiger partial charge in [-0.1, -0.05) is 0 Å². The quantitative estimate of drug-likeness (QED) is 0.370. The molecule has 0 aliphatic rings. The Labute approximate surface area is 178 Å². The Balaban J connectivity index is 2.03. The Bertz CT molecular complexity index is 992. The molecule has 0 saturated carbocycles. The number of ether oxygens (including phenoxy) is 4. The normalized spacial score (nSPS) is 10.5. The molecule has 8 nitrogen and oxygen atoms in total. The molecule has 2 aromatic carbocycles. The number of hydrogen-bond donors (Lipinski definition) is 1. The maximum absolute atomic E-state index is 14.1. The van der Waals surface area contributed by atoms with E-state index in [0.717, 1.165) is 12.1 Å². The van der Waals surface area contributed by atoms with Gasteiger partial charge in [-0.15, -0.1) is 0 Å². The van der Waals surface area contributed by atoms with Gasteiger partial charge < -0.3 is 24.3 Å². The number of carbonyl (C=O) groups excluding carboxylic acids is 3. The Hall–Kier alpha value is -3.88. The van der Waals surface area contributed by atoms with E-state index >= 15 is 0 Å². The zero-order valence-corrected chi connectivity index (χ0v) is 17.5. The lowest BCUT2D eigenvalue weighted by molar-refractivity contribution is -0.136. The summed E-state index contributed by atoms with van der Waals surface area (Å²) in [6.07, 6.45) is 2.56. The van der Waals surface area contributed by atoms with Gasteiger partial charge in [0.05, 0.1) is 26.9 Å². The van der Waals surface area contributed by atoms with Crippen molar-refractivity contribution in [3.05, 3.63) is 53.4 Å². The van der Waals surface area contributed by atoms with E-state index < -0.39 is 24.2 Å². The second-order valence-corrected chi connectivity index (χ2v) is 6.20. The molecule has 0 spiro atoms. The van der Waals surface area contributed by atoms with E-state index in [1.165, 1.54) is 46.5 Å². The molecule has 0 saturated heterocycles. The number of hydrogen-bond acceptors (Lipinski definition) is 7. The SMILES string of the molecule is COc1cc(/C=C/C(=O)OCC(=O)c2ccc(NC(C)=O)cc2F)cc(OC)c1OC. The summed E-state index contributed by atoms with van der Waals surface area (Å²) in [6, 6.07) is 6.86. The van der Waals surface area contributed by atoms with E-state index in [4.69, 9.17) is 18.9 Å². The highest BCUT2D eigenvalue weighted by Gasteiger charge is 2.15. The fraction of sp³-hybridized carbons (Fsp3) is 0.227. The van der Waals surface area contributed by atoms with Crippen LogP contribution in [0.5, 0.6) is 17.2 Å². The minimum Gasteiger partial charge on any atom is -0.493 e. The summed E-state index contributed by atoms with van der Waals surface area (Å²) in [5.74, 6) is -1.50. The number of amides is 1. The highest BCUT2D eigenvalue weighted by Crippen LogP contribution is 2.38. The van der Waals surface area contributed by atoms with Gasteiger partial charge in [0.2, 0.25) is 17.4 Å². The lowest BCUT2D eigenvalue weighted by atomic mass is 10.1. The Kier molecular flexibility index (Phi) is 8.13. The Morgan fingerprint density at radius 2 is 1.65 bits per heavy atom. The molecule has 0 bridgehead atoms. The summed E-state index contributed by atoms with van der Waals surface area (Å²) in [5.41, 5.74) is 0.528. The third kappa shape index (κ3) is 6.30. The monoisotopic (exact) mass is 431 g/mol. The maximum atomic E-state index is 14.1. The maximum Gasteiger partial charge on any atom is 0.331 e. The van der Waals surface area contributed by atoms with Crippen LogP contribution in [0.25, 0.3) is 6.08 Å². The highest BCUT2D eigenvalue weighted by molar-refractivity contribution is 5.99. The van der Waals surface area contributed by atoms with Crippen LogP contribution >= 0.6 is 0 Å². The molecule has 0 heterocycles. The first kappa shape index (κ1) is 23.4. The molecule has 0 aromatic heterocycles. The summed E-state index contributed by atoms with van der Waals surface area (Å²) in [7, 11) is 4.40. The first-order chi connectivity index (χ1) is 14.8. The van der Waals surface area contributed by atoms with Gasteiger partial charge >= 0.3 is 5.97 Å². The minimum absolute atomic E-state index is 0.215. The molecule has 2 aromatic rings. The van der Waals surface area contributed by atoms with Crippen LogP contribution in [0.2, 0.25) is 0 Å². The molecule has 0 aliphatic heterocycles. The van der Waals surface area contributed by atoms with Crippen molar-refractivity contribution < 1.29 is 37.7 Å². The number of esters is 1. The molecule has 31 heavy (non-hydrogen) atoms. The molecule has 0 fully saturated rings.